The number of hydrogen-bond acceptors (Lipinski definition) is 4. The van der Waals surface area contributed by atoms with E-state index in [0.717, 1.165) is 12.7 Å². The first kappa shape index (κ1) is 12.9. The SMILES string of the molecule is CS(=O)(=O)c1ccc(O)c(C2(C(=O)O)CCC2)c1. The number of carbonyl (C=O) groups is 1. The fraction of sp³-hybridized carbons (Fsp3) is 0.417. The number of benzene rings is 1. The molecule has 0 spiro atoms. The number of carboxylic acids is 1. The molecule has 0 aromatic heterocycles. The number of carboxylic acid groups (broad SMARTS) is 1. The van der Waals surface area contributed by atoms with E-state index < -0.39 is 21.2 Å². The lowest BCUT2D eigenvalue weighted by Crippen LogP contribution is -2.42. The summed E-state index contributed by atoms with van der Waals surface area (Å²) in [6.45, 7) is 0. The second kappa shape index (κ2) is 3.98. The highest BCUT2D eigenvalue weighted by atomic mass is 32.2. The molecule has 0 saturated heterocycles. The number of rotatable bonds is 3. The molecular weight excluding hydrogens is 256 g/mol. The monoisotopic (exact) mass is 270 g/mol. The van der Waals surface area contributed by atoms with E-state index in [1.54, 1.807) is 0 Å². The van der Waals surface area contributed by atoms with Gasteiger partial charge in [-0.15, -0.1) is 0 Å². The third-order valence-corrected chi connectivity index (χ3v) is 4.64. The molecule has 0 unspecified atom stereocenters. The summed E-state index contributed by atoms with van der Waals surface area (Å²) in [4.78, 5) is 11.4. The third-order valence-electron chi connectivity index (χ3n) is 3.53. The highest BCUT2D eigenvalue weighted by molar-refractivity contribution is 7.90. The molecule has 0 heterocycles. The maximum Gasteiger partial charge on any atom is 0.314 e. The Bertz CT molecular complexity index is 599. The van der Waals surface area contributed by atoms with Gasteiger partial charge in [0.25, 0.3) is 0 Å². The lowest BCUT2D eigenvalue weighted by atomic mass is 9.64. The van der Waals surface area contributed by atoms with Gasteiger partial charge in [0.1, 0.15) is 5.75 Å². The second-order valence-corrected chi connectivity index (χ2v) is 6.71. The zero-order chi connectivity index (χ0) is 13.6. The van der Waals surface area contributed by atoms with E-state index in [1.165, 1.54) is 18.2 Å². The van der Waals surface area contributed by atoms with Crippen LogP contribution in [0.3, 0.4) is 0 Å². The van der Waals surface area contributed by atoms with E-state index in [-0.39, 0.29) is 16.2 Å². The zero-order valence-corrected chi connectivity index (χ0v) is 10.7. The molecule has 0 amide bonds. The molecule has 6 heteroatoms. The molecule has 5 nitrogen and oxygen atoms in total. The Labute approximate surface area is 105 Å². The van der Waals surface area contributed by atoms with Crippen LogP contribution in [0.5, 0.6) is 5.75 Å². The van der Waals surface area contributed by atoms with E-state index >= 15 is 0 Å². The number of aliphatic carboxylic acids is 1. The molecule has 1 saturated carbocycles. The summed E-state index contributed by atoms with van der Waals surface area (Å²) in [5, 5.41) is 19.1. The van der Waals surface area contributed by atoms with Crippen LogP contribution in [0.15, 0.2) is 23.1 Å². The summed E-state index contributed by atoms with van der Waals surface area (Å²) in [5.41, 5.74) is -0.936. The van der Waals surface area contributed by atoms with E-state index in [2.05, 4.69) is 0 Å². The van der Waals surface area contributed by atoms with E-state index in [1.807, 2.05) is 0 Å². The van der Waals surface area contributed by atoms with Crippen molar-refractivity contribution in [2.75, 3.05) is 6.26 Å². The number of phenols is 1. The Morgan fingerprint density at radius 3 is 2.33 bits per heavy atom. The first-order valence-corrected chi connectivity index (χ1v) is 7.43. The smallest absolute Gasteiger partial charge is 0.314 e. The van der Waals surface area contributed by atoms with Crippen LogP contribution in [-0.4, -0.2) is 30.9 Å². The summed E-state index contributed by atoms with van der Waals surface area (Å²) < 4.78 is 22.9. The van der Waals surface area contributed by atoms with E-state index in [4.69, 9.17) is 0 Å². The molecule has 1 aliphatic rings. The number of phenolic OH excluding ortho intramolecular Hbond substituents is 1. The van der Waals surface area contributed by atoms with Crippen molar-refractivity contribution in [3.05, 3.63) is 23.8 Å². The Balaban J connectivity index is 2.60. The first-order chi connectivity index (χ1) is 8.27. The molecule has 98 valence electrons. The number of hydrogen-bond donors (Lipinski definition) is 2. The summed E-state index contributed by atoms with van der Waals surface area (Å²) >= 11 is 0. The molecule has 0 atom stereocenters. The van der Waals surface area contributed by atoms with Gasteiger partial charge in [-0.2, -0.15) is 0 Å². The minimum atomic E-state index is -3.42. The van der Waals surface area contributed by atoms with Gasteiger partial charge in [-0.1, -0.05) is 6.42 Å². The minimum Gasteiger partial charge on any atom is -0.508 e. The van der Waals surface area contributed by atoms with Gasteiger partial charge in [0.15, 0.2) is 9.84 Å². The number of sulfone groups is 1. The number of aromatic hydroxyl groups is 1. The Hall–Kier alpha value is -1.56. The van der Waals surface area contributed by atoms with Gasteiger partial charge >= 0.3 is 5.97 Å². The standard InChI is InChI=1S/C12H14O5S/c1-18(16,17)8-3-4-10(13)9(7-8)12(11(14)15)5-2-6-12/h3-4,7,13H,2,5-6H2,1H3,(H,14,15). The molecule has 1 aromatic carbocycles. The molecule has 2 rings (SSSR count). The van der Waals surface area contributed by atoms with Gasteiger partial charge in [0, 0.05) is 11.8 Å². The van der Waals surface area contributed by atoms with Crippen molar-refractivity contribution >= 4 is 15.8 Å². The molecular formula is C12H14O5S. The molecule has 0 radical (unpaired) electrons. The van der Waals surface area contributed by atoms with Gasteiger partial charge < -0.3 is 10.2 Å². The quantitative estimate of drug-likeness (QED) is 0.863. The van der Waals surface area contributed by atoms with Crippen LogP contribution in [0.4, 0.5) is 0 Å². The van der Waals surface area contributed by atoms with Gasteiger partial charge in [0.2, 0.25) is 0 Å². The van der Waals surface area contributed by atoms with Gasteiger partial charge in [0.05, 0.1) is 10.3 Å². The predicted octanol–water partition coefficient (Wildman–Crippen LogP) is 1.30. The molecule has 2 N–H and O–H groups in total. The summed E-state index contributed by atoms with van der Waals surface area (Å²) in [6, 6.07) is 3.80. The van der Waals surface area contributed by atoms with Crippen molar-refractivity contribution in [1.82, 2.24) is 0 Å². The van der Waals surface area contributed by atoms with Crippen LogP contribution >= 0.6 is 0 Å². The van der Waals surface area contributed by atoms with Crippen molar-refractivity contribution in [2.24, 2.45) is 0 Å². The van der Waals surface area contributed by atoms with Crippen molar-refractivity contribution in [3.63, 3.8) is 0 Å². The van der Waals surface area contributed by atoms with Crippen LogP contribution in [0.25, 0.3) is 0 Å². The normalized spacial score (nSPS) is 18.1. The topological polar surface area (TPSA) is 91.7 Å². The fourth-order valence-corrected chi connectivity index (χ4v) is 2.90. The molecule has 0 aliphatic heterocycles. The highest BCUT2D eigenvalue weighted by Gasteiger charge is 2.47. The average Bonchev–Trinajstić information content (AvgIpc) is 2.16. The third kappa shape index (κ3) is 1.86. The van der Waals surface area contributed by atoms with Crippen LogP contribution in [-0.2, 0) is 20.0 Å². The van der Waals surface area contributed by atoms with Crippen LogP contribution < -0.4 is 0 Å². The Kier molecular flexibility index (Phi) is 2.85. The Morgan fingerprint density at radius 1 is 1.33 bits per heavy atom. The molecule has 0 bridgehead atoms. The maximum atomic E-state index is 11.5. The fourth-order valence-electron chi connectivity index (χ4n) is 2.26. The van der Waals surface area contributed by atoms with Crippen LogP contribution in [0.1, 0.15) is 24.8 Å². The average molecular weight is 270 g/mol. The van der Waals surface area contributed by atoms with Crippen LogP contribution in [0.2, 0.25) is 0 Å². The minimum absolute atomic E-state index is 0.0304. The van der Waals surface area contributed by atoms with Crippen molar-refractivity contribution in [1.29, 1.82) is 0 Å². The lowest BCUT2D eigenvalue weighted by molar-refractivity contribution is -0.147. The maximum absolute atomic E-state index is 11.5. The van der Waals surface area contributed by atoms with Crippen molar-refractivity contribution in [3.8, 4) is 5.75 Å². The predicted molar refractivity (Wildman–Crippen MR) is 64.4 cm³/mol. The molecule has 1 aromatic rings. The molecule has 18 heavy (non-hydrogen) atoms. The zero-order valence-electron chi connectivity index (χ0n) is 9.88. The van der Waals surface area contributed by atoms with Crippen molar-refractivity contribution in [2.45, 2.75) is 29.6 Å². The Morgan fingerprint density at radius 2 is 1.94 bits per heavy atom. The van der Waals surface area contributed by atoms with Crippen LogP contribution in [0, 0.1) is 0 Å². The molecule has 1 fully saturated rings. The van der Waals surface area contributed by atoms with Crippen molar-refractivity contribution < 1.29 is 23.4 Å². The van der Waals surface area contributed by atoms with E-state index in [0.29, 0.717) is 12.8 Å². The summed E-state index contributed by atoms with van der Waals surface area (Å²) in [7, 11) is -3.42. The highest BCUT2D eigenvalue weighted by Crippen LogP contribution is 2.47. The summed E-state index contributed by atoms with van der Waals surface area (Å²) in [5.74, 6) is -1.18. The van der Waals surface area contributed by atoms with Gasteiger partial charge in [-0.05, 0) is 31.0 Å². The van der Waals surface area contributed by atoms with E-state index in [9.17, 15) is 23.4 Å². The van der Waals surface area contributed by atoms with Gasteiger partial charge in [-0.25, -0.2) is 8.42 Å². The first-order valence-electron chi connectivity index (χ1n) is 5.54. The second-order valence-electron chi connectivity index (χ2n) is 4.69. The summed E-state index contributed by atoms with van der Waals surface area (Å²) in [6.07, 6.45) is 2.65. The lowest BCUT2D eigenvalue weighted by Gasteiger charge is -2.38. The largest absolute Gasteiger partial charge is 0.508 e. The van der Waals surface area contributed by atoms with Gasteiger partial charge in [-0.3, -0.25) is 4.79 Å². The molecule has 1 aliphatic carbocycles.